The van der Waals surface area contributed by atoms with E-state index in [9.17, 15) is 9.59 Å². The normalized spacial score (nSPS) is 10.1. The van der Waals surface area contributed by atoms with Gasteiger partial charge in [-0.05, 0) is 18.5 Å². The van der Waals surface area contributed by atoms with E-state index >= 15 is 0 Å². The first kappa shape index (κ1) is 16.9. The Bertz CT molecular complexity index is 650. The van der Waals surface area contributed by atoms with Gasteiger partial charge in [-0.2, -0.15) is 0 Å². The van der Waals surface area contributed by atoms with Gasteiger partial charge in [-0.3, -0.25) is 9.59 Å². The fourth-order valence-electron chi connectivity index (χ4n) is 2.11. The second-order valence-corrected chi connectivity index (χ2v) is 7.04. The molecule has 0 aliphatic rings. The summed E-state index contributed by atoms with van der Waals surface area (Å²) in [6.07, 6.45) is 5.11. The van der Waals surface area contributed by atoms with Crippen LogP contribution in [-0.4, -0.2) is 24.5 Å². The number of esters is 1. The number of ether oxygens (including phenoxy) is 1. The number of rotatable bonds is 7. The highest BCUT2D eigenvalue weighted by Crippen LogP contribution is 2.33. The van der Waals surface area contributed by atoms with E-state index in [1.54, 1.807) is 0 Å². The molecule has 4 heteroatoms. The van der Waals surface area contributed by atoms with Crippen LogP contribution in [0.5, 0.6) is 0 Å². The van der Waals surface area contributed by atoms with E-state index in [-0.39, 0.29) is 18.8 Å². The van der Waals surface area contributed by atoms with Crippen LogP contribution in [0.3, 0.4) is 0 Å². The zero-order valence-corrected chi connectivity index (χ0v) is 13.5. The van der Waals surface area contributed by atoms with Gasteiger partial charge in [0.05, 0.1) is 0 Å². The molecule has 23 heavy (non-hydrogen) atoms. The summed E-state index contributed by atoms with van der Waals surface area (Å²) in [6.45, 7) is -0.0990. The molecule has 0 fully saturated rings. The van der Waals surface area contributed by atoms with Gasteiger partial charge in [0.25, 0.3) is 0 Å². The zero-order chi connectivity index (χ0) is 16.5. The summed E-state index contributed by atoms with van der Waals surface area (Å²) < 4.78 is 4.77. The molecular weight excluding hydrogens is 307 g/mol. The fourth-order valence-corrected chi connectivity index (χ4v) is 4.31. The van der Waals surface area contributed by atoms with Crippen LogP contribution in [0.4, 0.5) is 0 Å². The molecule has 3 nitrogen and oxygen atoms in total. The van der Waals surface area contributed by atoms with Gasteiger partial charge < -0.3 is 4.74 Å². The van der Waals surface area contributed by atoms with Gasteiger partial charge in [-0.1, -0.05) is 66.6 Å². The average molecular weight is 324 g/mol. The molecule has 0 N–H and O–H groups in total. The Kier molecular flexibility index (Phi) is 6.54. The molecule has 0 atom stereocenters. The second-order valence-electron chi connectivity index (χ2n) is 4.84. The van der Waals surface area contributed by atoms with Crippen LogP contribution in [-0.2, 0) is 14.3 Å². The van der Waals surface area contributed by atoms with Gasteiger partial charge in [0.1, 0.15) is 12.2 Å². The summed E-state index contributed by atoms with van der Waals surface area (Å²) in [5.41, 5.74) is 0. The van der Waals surface area contributed by atoms with Crippen molar-refractivity contribution in [3.8, 4) is 12.3 Å². The lowest BCUT2D eigenvalue weighted by molar-refractivity contribution is -0.144. The number of benzene rings is 2. The summed E-state index contributed by atoms with van der Waals surface area (Å²) in [6, 6.07) is 19.8. The van der Waals surface area contributed by atoms with E-state index in [0.29, 0.717) is 6.16 Å². The lowest BCUT2D eigenvalue weighted by Gasteiger charge is -2.17. The third kappa shape index (κ3) is 5.36. The van der Waals surface area contributed by atoms with Crippen LogP contribution in [0.15, 0.2) is 60.7 Å². The molecule has 0 saturated heterocycles. The van der Waals surface area contributed by atoms with Crippen LogP contribution < -0.4 is 10.6 Å². The monoisotopic (exact) mass is 324 g/mol. The van der Waals surface area contributed by atoms with Crippen molar-refractivity contribution in [1.82, 2.24) is 0 Å². The van der Waals surface area contributed by atoms with Crippen LogP contribution in [0, 0.1) is 12.3 Å². The van der Waals surface area contributed by atoms with Gasteiger partial charge in [0, 0.05) is 6.16 Å². The minimum atomic E-state index is -0.831. The molecule has 116 valence electrons. The molecular formula is C19H17O3P. The molecule has 0 spiro atoms. The van der Waals surface area contributed by atoms with Gasteiger partial charge in [0.2, 0.25) is 0 Å². The number of carbonyl (C=O) groups excluding carboxylic acids is 2. The summed E-state index contributed by atoms with van der Waals surface area (Å²) >= 11 is 0. The molecule has 2 aromatic rings. The first-order valence-corrected chi connectivity index (χ1v) is 8.72. The van der Waals surface area contributed by atoms with E-state index < -0.39 is 13.9 Å². The van der Waals surface area contributed by atoms with Gasteiger partial charge in [-0.25, -0.2) is 0 Å². The number of ketones is 1. The van der Waals surface area contributed by atoms with Gasteiger partial charge in [-0.15, -0.1) is 6.42 Å². The van der Waals surface area contributed by atoms with E-state index in [4.69, 9.17) is 11.2 Å². The Morgan fingerprint density at radius 2 is 1.48 bits per heavy atom. The molecule has 0 radical (unpaired) electrons. The second kappa shape index (κ2) is 8.88. The minimum Gasteiger partial charge on any atom is -0.452 e. The van der Waals surface area contributed by atoms with Crippen LogP contribution >= 0.6 is 7.92 Å². The fraction of sp³-hybridized carbons (Fsp3) is 0.158. The number of carbonyl (C=O) groups is 2. The smallest absolute Gasteiger partial charge is 0.314 e. The largest absolute Gasteiger partial charge is 0.452 e. The van der Waals surface area contributed by atoms with Crippen LogP contribution in [0.2, 0.25) is 0 Å². The molecule has 0 aliphatic heterocycles. The Morgan fingerprint density at radius 1 is 0.957 bits per heavy atom. The molecule has 0 saturated carbocycles. The lowest BCUT2D eigenvalue weighted by Crippen LogP contribution is -2.21. The third-order valence-corrected chi connectivity index (χ3v) is 5.64. The van der Waals surface area contributed by atoms with Crippen molar-refractivity contribution in [3.05, 3.63) is 60.7 Å². The molecule has 2 aromatic carbocycles. The molecule has 0 amide bonds. The minimum absolute atomic E-state index is 0.0990. The van der Waals surface area contributed by atoms with Gasteiger partial charge >= 0.3 is 5.97 Å². The van der Waals surface area contributed by atoms with E-state index in [1.807, 2.05) is 60.7 Å². The maximum atomic E-state index is 12.2. The SMILES string of the molecule is C#CCOC(=O)CC(=O)CP(c1ccccc1)c1ccccc1. The quantitative estimate of drug-likeness (QED) is 0.340. The highest BCUT2D eigenvalue weighted by molar-refractivity contribution is 7.73. The summed E-state index contributed by atoms with van der Waals surface area (Å²) in [5.74, 6) is 1.51. The number of Topliss-reactive ketones (excluding diaryl/α,β-unsaturated/α-hetero) is 1. The van der Waals surface area contributed by atoms with E-state index in [0.717, 1.165) is 10.6 Å². The topological polar surface area (TPSA) is 43.4 Å². The average Bonchev–Trinajstić information content (AvgIpc) is 2.59. The van der Waals surface area contributed by atoms with Crippen LogP contribution in [0.1, 0.15) is 6.42 Å². The van der Waals surface area contributed by atoms with Crippen molar-refractivity contribution >= 4 is 30.3 Å². The number of hydrogen-bond donors (Lipinski definition) is 0. The predicted molar refractivity (Wildman–Crippen MR) is 93.4 cm³/mol. The summed E-state index contributed by atoms with van der Waals surface area (Å²) in [5, 5.41) is 2.22. The highest BCUT2D eigenvalue weighted by Gasteiger charge is 2.19. The summed E-state index contributed by atoms with van der Waals surface area (Å²) in [7, 11) is -0.831. The Hall–Kier alpha value is -2.43. The van der Waals surface area contributed by atoms with Crippen molar-refractivity contribution in [2.24, 2.45) is 0 Å². The summed E-state index contributed by atoms with van der Waals surface area (Å²) in [4.78, 5) is 23.8. The van der Waals surface area contributed by atoms with Crippen molar-refractivity contribution in [2.75, 3.05) is 12.8 Å². The Morgan fingerprint density at radius 3 is 1.96 bits per heavy atom. The molecule has 0 unspecified atom stereocenters. The van der Waals surface area contributed by atoms with Crippen molar-refractivity contribution in [2.45, 2.75) is 6.42 Å². The number of hydrogen-bond acceptors (Lipinski definition) is 3. The van der Waals surface area contributed by atoms with Crippen molar-refractivity contribution < 1.29 is 14.3 Å². The first-order valence-electron chi connectivity index (χ1n) is 7.19. The van der Waals surface area contributed by atoms with Crippen molar-refractivity contribution in [3.63, 3.8) is 0 Å². The maximum Gasteiger partial charge on any atom is 0.314 e. The van der Waals surface area contributed by atoms with Crippen molar-refractivity contribution in [1.29, 1.82) is 0 Å². The third-order valence-electron chi connectivity index (χ3n) is 3.13. The first-order chi connectivity index (χ1) is 11.2. The maximum absolute atomic E-state index is 12.2. The zero-order valence-electron chi connectivity index (χ0n) is 12.6. The molecule has 0 aromatic heterocycles. The molecule has 0 bridgehead atoms. The predicted octanol–water partition coefficient (Wildman–Crippen LogP) is 2.25. The molecule has 0 aliphatic carbocycles. The van der Waals surface area contributed by atoms with E-state index in [2.05, 4.69) is 5.92 Å². The molecule has 0 heterocycles. The Balaban J connectivity index is 2.12. The molecule has 2 rings (SSSR count). The highest BCUT2D eigenvalue weighted by atomic mass is 31.1. The lowest BCUT2D eigenvalue weighted by atomic mass is 10.3. The van der Waals surface area contributed by atoms with E-state index in [1.165, 1.54) is 0 Å². The standard InChI is InChI=1S/C19H17O3P/c1-2-13-22-19(21)14-16(20)15-23(17-9-5-3-6-10-17)18-11-7-4-8-12-18/h1,3-12H,13-15H2. The number of terminal acetylenes is 1. The Labute approximate surface area is 137 Å². The van der Waals surface area contributed by atoms with Gasteiger partial charge in [0.15, 0.2) is 6.61 Å². The van der Waals surface area contributed by atoms with Crippen LogP contribution in [0.25, 0.3) is 0 Å².